The number of amides is 1. The van der Waals surface area contributed by atoms with Crippen LogP contribution in [0.2, 0.25) is 0 Å². The fourth-order valence-electron chi connectivity index (χ4n) is 4.53. The summed E-state index contributed by atoms with van der Waals surface area (Å²) in [5.41, 5.74) is 3.00. The van der Waals surface area contributed by atoms with Gasteiger partial charge in [-0.1, -0.05) is 36.4 Å². The van der Waals surface area contributed by atoms with Crippen LogP contribution in [0.4, 0.5) is 0 Å². The maximum atomic E-state index is 13.4. The Morgan fingerprint density at radius 1 is 1.12 bits per heavy atom. The van der Waals surface area contributed by atoms with Crippen molar-refractivity contribution in [2.75, 3.05) is 26.9 Å². The molecule has 3 aromatic rings. The zero-order valence-electron chi connectivity index (χ0n) is 19.3. The number of aryl methyl sites for hydroxylation is 1. The van der Waals surface area contributed by atoms with E-state index in [1.807, 2.05) is 30.7 Å². The molecule has 33 heavy (non-hydrogen) atoms. The molecule has 1 aliphatic heterocycles. The summed E-state index contributed by atoms with van der Waals surface area (Å²) in [4.78, 5) is 17.4. The lowest BCUT2D eigenvalue weighted by atomic mass is 9.74. The minimum absolute atomic E-state index is 0.153. The van der Waals surface area contributed by atoms with Crippen molar-refractivity contribution in [3.8, 4) is 16.9 Å². The molecule has 0 bridgehead atoms. The van der Waals surface area contributed by atoms with Crippen LogP contribution in [0.15, 0.2) is 67.3 Å². The topological polar surface area (TPSA) is 65.4 Å². The van der Waals surface area contributed by atoms with Crippen molar-refractivity contribution in [3.05, 3.63) is 72.8 Å². The number of carbonyl (C=O) groups excluding carboxylic acids is 1. The first-order chi connectivity index (χ1) is 16.2. The summed E-state index contributed by atoms with van der Waals surface area (Å²) in [6.45, 7) is 2.87. The van der Waals surface area contributed by atoms with E-state index in [4.69, 9.17) is 9.47 Å². The van der Waals surface area contributed by atoms with E-state index < -0.39 is 5.41 Å². The Morgan fingerprint density at radius 2 is 1.91 bits per heavy atom. The summed E-state index contributed by atoms with van der Waals surface area (Å²) in [7, 11) is 1.68. The molecule has 0 spiro atoms. The monoisotopic (exact) mass is 447 g/mol. The Hall–Kier alpha value is -3.12. The lowest BCUT2D eigenvalue weighted by Gasteiger charge is -2.36. The molecule has 6 nitrogen and oxygen atoms in total. The van der Waals surface area contributed by atoms with Crippen LogP contribution in [0.5, 0.6) is 5.75 Å². The standard InChI is InChI=1S/C27H33N3O3/c1-32-25-9-5-8-24(19-25)23-7-4-6-22(18-23)20-27(10-16-33-17-11-27)26(31)29-12-2-3-14-30-15-13-28-21-30/h4-9,13,15,18-19,21H,2-3,10-12,14,16-17,20H2,1H3,(H,29,31). The van der Waals surface area contributed by atoms with Crippen LogP contribution in [-0.2, 0) is 22.5 Å². The SMILES string of the molecule is COc1cccc(-c2cccc(CC3(C(=O)NCCCCn4ccnc4)CCOCC3)c2)c1. The quantitative estimate of drug-likeness (QED) is 0.465. The number of aromatic nitrogens is 2. The molecule has 0 saturated carbocycles. The molecule has 6 heteroatoms. The minimum atomic E-state index is -0.421. The third-order valence-corrected chi connectivity index (χ3v) is 6.49. The number of rotatable bonds is 10. The molecule has 1 amide bonds. The van der Waals surface area contributed by atoms with Gasteiger partial charge in [-0.05, 0) is 60.9 Å². The van der Waals surface area contributed by atoms with E-state index in [0.29, 0.717) is 19.8 Å². The number of nitrogens with one attached hydrogen (secondary N) is 1. The first-order valence-corrected chi connectivity index (χ1v) is 11.7. The fraction of sp³-hybridized carbons (Fsp3) is 0.407. The second kappa shape index (κ2) is 11.1. The Labute approximate surface area is 195 Å². The zero-order valence-corrected chi connectivity index (χ0v) is 19.3. The van der Waals surface area contributed by atoms with Gasteiger partial charge in [0.25, 0.3) is 0 Å². The fourth-order valence-corrected chi connectivity index (χ4v) is 4.53. The molecule has 0 radical (unpaired) electrons. The van der Waals surface area contributed by atoms with Crippen LogP contribution in [0.25, 0.3) is 11.1 Å². The van der Waals surface area contributed by atoms with Gasteiger partial charge in [0, 0.05) is 38.7 Å². The lowest BCUT2D eigenvalue weighted by molar-refractivity contribution is -0.136. The predicted molar refractivity (Wildman–Crippen MR) is 129 cm³/mol. The molecule has 1 aliphatic rings. The zero-order chi connectivity index (χ0) is 22.9. The molecule has 2 heterocycles. The maximum absolute atomic E-state index is 13.4. The number of methoxy groups -OCH3 is 1. The van der Waals surface area contributed by atoms with Crippen molar-refractivity contribution in [1.29, 1.82) is 0 Å². The second-order valence-corrected chi connectivity index (χ2v) is 8.77. The van der Waals surface area contributed by atoms with E-state index in [9.17, 15) is 4.79 Å². The first-order valence-electron chi connectivity index (χ1n) is 11.7. The van der Waals surface area contributed by atoms with Crippen molar-refractivity contribution < 1.29 is 14.3 Å². The average Bonchev–Trinajstić information content (AvgIpc) is 3.38. The lowest BCUT2D eigenvalue weighted by Crippen LogP contribution is -2.46. The van der Waals surface area contributed by atoms with Gasteiger partial charge in [0.2, 0.25) is 5.91 Å². The number of carbonyl (C=O) groups is 1. The molecule has 1 aromatic heterocycles. The van der Waals surface area contributed by atoms with Gasteiger partial charge in [-0.25, -0.2) is 4.98 Å². The van der Waals surface area contributed by atoms with Crippen LogP contribution in [0.1, 0.15) is 31.2 Å². The number of nitrogens with zero attached hydrogens (tertiary/aromatic N) is 2. The molecule has 4 rings (SSSR count). The molecule has 0 aliphatic carbocycles. The summed E-state index contributed by atoms with van der Waals surface area (Å²) in [6, 6.07) is 16.6. The third kappa shape index (κ3) is 6.02. The molecule has 1 fully saturated rings. The highest BCUT2D eigenvalue weighted by atomic mass is 16.5. The third-order valence-electron chi connectivity index (χ3n) is 6.49. The summed E-state index contributed by atoms with van der Waals surface area (Å²) in [5, 5.41) is 3.22. The molecular weight excluding hydrogens is 414 g/mol. The molecule has 0 unspecified atom stereocenters. The van der Waals surface area contributed by atoms with Gasteiger partial charge in [0.15, 0.2) is 0 Å². The van der Waals surface area contributed by atoms with Gasteiger partial charge in [0.05, 0.1) is 18.9 Å². The van der Waals surface area contributed by atoms with E-state index in [1.54, 1.807) is 13.3 Å². The average molecular weight is 448 g/mol. The first kappa shape index (κ1) is 23.1. The number of hydrogen-bond acceptors (Lipinski definition) is 4. The number of ether oxygens (including phenoxy) is 2. The van der Waals surface area contributed by atoms with E-state index in [0.717, 1.165) is 55.5 Å². The highest BCUT2D eigenvalue weighted by molar-refractivity contribution is 5.83. The normalized spacial score (nSPS) is 15.2. The van der Waals surface area contributed by atoms with Crippen LogP contribution < -0.4 is 10.1 Å². The number of benzene rings is 2. The van der Waals surface area contributed by atoms with E-state index in [2.05, 4.69) is 45.2 Å². The summed E-state index contributed by atoms with van der Waals surface area (Å²) in [5.74, 6) is 0.992. The Kier molecular flexibility index (Phi) is 7.79. The Morgan fingerprint density at radius 3 is 2.67 bits per heavy atom. The van der Waals surface area contributed by atoms with Crippen molar-refractivity contribution in [2.45, 2.75) is 38.6 Å². The molecule has 174 valence electrons. The molecule has 1 N–H and O–H groups in total. The molecule has 1 saturated heterocycles. The van der Waals surface area contributed by atoms with E-state index in [-0.39, 0.29) is 5.91 Å². The van der Waals surface area contributed by atoms with Gasteiger partial charge in [-0.15, -0.1) is 0 Å². The summed E-state index contributed by atoms with van der Waals surface area (Å²) in [6.07, 6.45) is 9.76. The van der Waals surface area contributed by atoms with E-state index >= 15 is 0 Å². The summed E-state index contributed by atoms with van der Waals surface area (Å²) < 4.78 is 13.1. The number of hydrogen-bond donors (Lipinski definition) is 1. The number of imidazole rings is 1. The van der Waals surface area contributed by atoms with Gasteiger partial charge in [0.1, 0.15) is 5.75 Å². The number of unbranched alkanes of at least 4 members (excludes halogenated alkanes) is 1. The van der Waals surface area contributed by atoms with Gasteiger partial charge in [-0.2, -0.15) is 0 Å². The molecule has 0 atom stereocenters. The Bertz CT molecular complexity index is 1030. The summed E-state index contributed by atoms with van der Waals surface area (Å²) >= 11 is 0. The predicted octanol–water partition coefficient (Wildman–Crippen LogP) is 4.49. The molecular formula is C27H33N3O3. The van der Waals surface area contributed by atoms with Crippen LogP contribution in [0.3, 0.4) is 0 Å². The Balaban J connectivity index is 1.41. The maximum Gasteiger partial charge on any atom is 0.226 e. The van der Waals surface area contributed by atoms with Crippen molar-refractivity contribution in [2.24, 2.45) is 5.41 Å². The van der Waals surface area contributed by atoms with Crippen LogP contribution in [0, 0.1) is 5.41 Å². The van der Waals surface area contributed by atoms with Gasteiger partial charge < -0.3 is 19.4 Å². The van der Waals surface area contributed by atoms with E-state index in [1.165, 1.54) is 5.56 Å². The van der Waals surface area contributed by atoms with Crippen LogP contribution >= 0.6 is 0 Å². The molecule has 2 aromatic carbocycles. The minimum Gasteiger partial charge on any atom is -0.497 e. The van der Waals surface area contributed by atoms with Gasteiger partial charge in [-0.3, -0.25) is 4.79 Å². The largest absolute Gasteiger partial charge is 0.497 e. The smallest absolute Gasteiger partial charge is 0.226 e. The van der Waals surface area contributed by atoms with Crippen molar-refractivity contribution in [3.63, 3.8) is 0 Å². The second-order valence-electron chi connectivity index (χ2n) is 8.77. The highest BCUT2D eigenvalue weighted by Gasteiger charge is 2.39. The van der Waals surface area contributed by atoms with Crippen molar-refractivity contribution >= 4 is 5.91 Å². The van der Waals surface area contributed by atoms with Gasteiger partial charge >= 0.3 is 0 Å². The van der Waals surface area contributed by atoms with Crippen LogP contribution in [-0.4, -0.2) is 42.3 Å². The van der Waals surface area contributed by atoms with Crippen molar-refractivity contribution in [1.82, 2.24) is 14.9 Å². The highest BCUT2D eigenvalue weighted by Crippen LogP contribution is 2.36.